The van der Waals surface area contributed by atoms with Crippen LogP contribution in [0.3, 0.4) is 0 Å². The molecular formula is C9H18N2O5. The standard InChI is InChI=1S/C9H18N2O5/c1-14-7-9(13)11-2-3-15-4-5-16-6-8(10)12/h2-7H2,1H3,(H2,10,12)(H,11,13). The van der Waals surface area contributed by atoms with Crippen molar-refractivity contribution >= 4 is 11.8 Å². The lowest BCUT2D eigenvalue weighted by molar-refractivity contribution is -0.125. The number of primary amides is 1. The molecule has 0 aromatic rings. The van der Waals surface area contributed by atoms with E-state index >= 15 is 0 Å². The Morgan fingerprint density at radius 3 is 2.44 bits per heavy atom. The highest BCUT2D eigenvalue weighted by atomic mass is 16.5. The Morgan fingerprint density at radius 1 is 1.12 bits per heavy atom. The third-order valence-corrected chi connectivity index (χ3v) is 1.46. The molecule has 0 spiro atoms. The molecule has 0 radical (unpaired) electrons. The second kappa shape index (κ2) is 10.3. The molecule has 3 N–H and O–H groups in total. The van der Waals surface area contributed by atoms with Crippen molar-refractivity contribution in [3.05, 3.63) is 0 Å². The summed E-state index contributed by atoms with van der Waals surface area (Å²) in [6.07, 6.45) is 0. The highest BCUT2D eigenvalue weighted by molar-refractivity contribution is 5.77. The lowest BCUT2D eigenvalue weighted by Gasteiger charge is -2.06. The van der Waals surface area contributed by atoms with Crippen LogP contribution in [0.2, 0.25) is 0 Å². The predicted octanol–water partition coefficient (Wildman–Crippen LogP) is -1.73. The number of hydrogen-bond acceptors (Lipinski definition) is 5. The first-order valence-electron chi connectivity index (χ1n) is 4.86. The number of amides is 2. The third-order valence-electron chi connectivity index (χ3n) is 1.46. The fourth-order valence-electron chi connectivity index (χ4n) is 0.837. The molecule has 0 bridgehead atoms. The number of rotatable bonds is 10. The number of hydrogen-bond donors (Lipinski definition) is 2. The minimum atomic E-state index is -0.508. The van der Waals surface area contributed by atoms with Crippen molar-refractivity contribution in [3.8, 4) is 0 Å². The van der Waals surface area contributed by atoms with Crippen LogP contribution in [0.25, 0.3) is 0 Å². The largest absolute Gasteiger partial charge is 0.377 e. The summed E-state index contributed by atoms with van der Waals surface area (Å²) < 4.78 is 14.6. The van der Waals surface area contributed by atoms with Gasteiger partial charge in [-0.05, 0) is 0 Å². The van der Waals surface area contributed by atoms with Crippen LogP contribution < -0.4 is 11.1 Å². The van der Waals surface area contributed by atoms with Gasteiger partial charge in [0.05, 0.1) is 19.8 Å². The van der Waals surface area contributed by atoms with Crippen molar-refractivity contribution in [3.63, 3.8) is 0 Å². The van der Waals surface area contributed by atoms with Crippen molar-refractivity contribution in [1.29, 1.82) is 0 Å². The molecule has 16 heavy (non-hydrogen) atoms. The molecule has 0 aromatic heterocycles. The number of nitrogens with two attached hydrogens (primary N) is 1. The summed E-state index contributed by atoms with van der Waals surface area (Å²) in [5.74, 6) is -0.692. The zero-order valence-electron chi connectivity index (χ0n) is 9.36. The molecule has 94 valence electrons. The second-order valence-corrected chi connectivity index (χ2v) is 2.91. The quantitative estimate of drug-likeness (QED) is 0.437. The van der Waals surface area contributed by atoms with Gasteiger partial charge in [0.25, 0.3) is 0 Å². The summed E-state index contributed by atoms with van der Waals surface area (Å²) in [6, 6.07) is 0. The van der Waals surface area contributed by atoms with Crippen molar-refractivity contribution in [1.82, 2.24) is 5.32 Å². The number of methoxy groups -OCH3 is 1. The first-order valence-corrected chi connectivity index (χ1v) is 4.86. The van der Waals surface area contributed by atoms with E-state index in [4.69, 9.17) is 15.2 Å². The fraction of sp³-hybridized carbons (Fsp3) is 0.778. The highest BCUT2D eigenvalue weighted by Gasteiger charge is 1.98. The number of carbonyl (C=O) groups is 2. The van der Waals surface area contributed by atoms with Crippen molar-refractivity contribution in [2.45, 2.75) is 0 Å². The predicted molar refractivity (Wildman–Crippen MR) is 55.7 cm³/mol. The van der Waals surface area contributed by atoms with Crippen molar-refractivity contribution in [2.75, 3.05) is 46.7 Å². The summed E-state index contributed by atoms with van der Waals surface area (Å²) in [4.78, 5) is 21.2. The number of nitrogens with one attached hydrogen (secondary N) is 1. The van der Waals surface area contributed by atoms with E-state index in [1.807, 2.05) is 0 Å². The van der Waals surface area contributed by atoms with E-state index < -0.39 is 5.91 Å². The molecule has 0 unspecified atom stereocenters. The molecule has 0 aromatic carbocycles. The average molecular weight is 234 g/mol. The Hall–Kier alpha value is -1.18. The van der Waals surface area contributed by atoms with Crippen LogP contribution in [0.1, 0.15) is 0 Å². The van der Waals surface area contributed by atoms with Crippen LogP contribution in [0.15, 0.2) is 0 Å². The lowest BCUT2D eigenvalue weighted by Crippen LogP contribution is -2.30. The molecular weight excluding hydrogens is 216 g/mol. The van der Waals surface area contributed by atoms with E-state index in [9.17, 15) is 9.59 Å². The van der Waals surface area contributed by atoms with Crippen molar-refractivity contribution in [2.24, 2.45) is 5.73 Å². The summed E-state index contributed by atoms with van der Waals surface area (Å²) in [7, 11) is 1.45. The maximum absolute atomic E-state index is 10.9. The molecule has 0 aliphatic carbocycles. The maximum atomic E-state index is 10.9. The minimum absolute atomic E-state index is 0.0434. The first kappa shape index (κ1) is 14.8. The van der Waals surface area contributed by atoms with E-state index in [0.29, 0.717) is 26.4 Å². The van der Waals surface area contributed by atoms with Gasteiger partial charge >= 0.3 is 0 Å². The summed E-state index contributed by atoms with van der Waals surface area (Å²) >= 11 is 0. The Labute approximate surface area is 94.2 Å². The lowest BCUT2D eigenvalue weighted by atomic mass is 10.6. The van der Waals surface area contributed by atoms with Crippen LogP contribution >= 0.6 is 0 Å². The van der Waals surface area contributed by atoms with Gasteiger partial charge in [-0.2, -0.15) is 0 Å². The van der Waals surface area contributed by atoms with E-state index in [-0.39, 0.29) is 19.1 Å². The molecule has 2 amide bonds. The van der Waals surface area contributed by atoms with E-state index in [1.165, 1.54) is 7.11 Å². The van der Waals surface area contributed by atoms with E-state index in [2.05, 4.69) is 10.1 Å². The smallest absolute Gasteiger partial charge is 0.246 e. The van der Waals surface area contributed by atoms with E-state index in [0.717, 1.165) is 0 Å². The summed E-state index contributed by atoms with van der Waals surface area (Å²) in [6.45, 7) is 1.39. The van der Waals surface area contributed by atoms with Gasteiger partial charge in [-0.3, -0.25) is 9.59 Å². The van der Waals surface area contributed by atoms with Gasteiger partial charge in [0.2, 0.25) is 11.8 Å². The molecule has 7 heteroatoms. The highest BCUT2D eigenvalue weighted by Crippen LogP contribution is 1.78. The molecule has 0 atom stereocenters. The SMILES string of the molecule is COCC(=O)NCCOCCOCC(N)=O. The molecule has 0 saturated carbocycles. The monoisotopic (exact) mass is 234 g/mol. The zero-order valence-corrected chi connectivity index (χ0v) is 9.36. The number of carbonyl (C=O) groups excluding carboxylic acids is 2. The number of ether oxygens (including phenoxy) is 3. The summed E-state index contributed by atoms with van der Waals surface area (Å²) in [5, 5.41) is 2.59. The van der Waals surface area contributed by atoms with Gasteiger partial charge < -0.3 is 25.3 Å². The van der Waals surface area contributed by atoms with Crippen LogP contribution in [-0.4, -0.2) is 58.5 Å². The van der Waals surface area contributed by atoms with Gasteiger partial charge in [-0.1, -0.05) is 0 Å². The second-order valence-electron chi connectivity index (χ2n) is 2.91. The molecule has 0 fully saturated rings. The molecule has 7 nitrogen and oxygen atoms in total. The van der Waals surface area contributed by atoms with Gasteiger partial charge in [0.15, 0.2) is 0 Å². The fourth-order valence-corrected chi connectivity index (χ4v) is 0.837. The topological polar surface area (TPSA) is 99.9 Å². The first-order chi connectivity index (χ1) is 7.66. The Balaban J connectivity index is 3.09. The Morgan fingerprint density at radius 2 is 1.81 bits per heavy atom. The molecule has 0 aliphatic rings. The maximum Gasteiger partial charge on any atom is 0.246 e. The minimum Gasteiger partial charge on any atom is -0.377 e. The Bertz CT molecular complexity index is 210. The molecule has 0 heterocycles. The van der Waals surface area contributed by atoms with Gasteiger partial charge in [0.1, 0.15) is 13.2 Å². The average Bonchev–Trinajstić information content (AvgIpc) is 2.22. The van der Waals surface area contributed by atoms with Crippen LogP contribution in [0, 0.1) is 0 Å². The molecule has 0 saturated heterocycles. The van der Waals surface area contributed by atoms with E-state index in [1.54, 1.807) is 0 Å². The third kappa shape index (κ3) is 10.9. The molecule has 0 aliphatic heterocycles. The normalized spacial score (nSPS) is 10.1. The van der Waals surface area contributed by atoms with Gasteiger partial charge in [-0.25, -0.2) is 0 Å². The summed E-state index contributed by atoms with van der Waals surface area (Å²) in [5.41, 5.74) is 4.85. The van der Waals surface area contributed by atoms with Gasteiger partial charge in [-0.15, -0.1) is 0 Å². The van der Waals surface area contributed by atoms with Gasteiger partial charge in [0, 0.05) is 13.7 Å². The molecule has 0 rings (SSSR count). The van der Waals surface area contributed by atoms with Crippen LogP contribution in [0.5, 0.6) is 0 Å². The Kier molecular flexibility index (Phi) is 9.58. The van der Waals surface area contributed by atoms with Crippen LogP contribution in [-0.2, 0) is 23.8 Å². The zero-order chi connectivity index (χ0) is 12.2. The van der Waals surface area contributed by atoms with Crippen molar-refractivity contribution < 1.29 is 23.8 Å². The van der Waals surface area contributed by atoms with Crippen LogP contribution in [0.4, 0.5) is 0 Å².